The fraction of sp³-hybridized carbons (Fsp3) is 0.556. The third kappa shape index (κ3) is 7.47. The molecule has 0 spiro atoms. The maximum atomic E-state index is 10.8. The highest BCUT2D eigenvalue weighted by Crippen LogP contribution is 1.90. The zero-order chi connectivity index (χ0) is 9.23. The summed E-state index contributed by atoms with van der Waals surface area (Å²) in [6.07, 6.45) is 3.68. The monoisotopic (exact) mass is 171 g/mol. The molecular weight excluding hydrogens is 156 g/mol. The fourth-order valence-electron chi connectivity index (χ4n) is 0.606. The van der Waals surface area contributed by atoms with E-state index in [9.17, 15) is 5.11 Å². The zero-order valence-corrected chi connectivity index (χ0v) is 7.36. The third-order valence-electron chi connectivity index (χ3n) is 1.07. The third-order valence-corrected chi connectivity index (χ3v) is 1.07. The van der Waals surface area contributed by atoms with Crippen molar-refractivity contribution in [3.8, 4) is 0 Å². The van der Waals surface area contributed by atoms with Crippen molar-refractivity contribution in [2.75, 3.05) is 19.8 Å². The molecule has 0 aliphatic carbocycles. The van der Waals surface area contributed by atoms with Crippen LogP contribution >= 0.6 is 0 Å². The van der Waals surface area contributed by atoms with Crippen LogP contribution < -0.4 is 0 Å². The Hall–Kier alpha value is -0.640. The lowest BCUT2D eigenvalue weighted by atomic mass is 10.5. The molecule has 0 aliphatic heterocycles. The summed E-state index contributed by atoms with van der Waals surface area (Å²) in [5.41, 5.74) is 0. The maximum absolute atomic E-state index is 10.8. The first-order chi connectivity index (χ1) is 5.81. The van der Waals surface area contributed by atoms with Gasteiger partial charge in [-0.05, 0) is 13.0 Å². The summed E-state index contributed by atoms with van der Waals surface area (Å²) >= 11 is 0. The van der Waals surface area contributed by atoms with E-state index in [-0.39, 0.29) is 0 Å². The largest absolute Gasteiger partial charge is 0.373 e. The predicted molar refractivity (Wildman–Crippen MR) is 46.3 cm³/mol. The summed E-state index contributed by atoms with van der Waals surface area (Å²) in [4.78, 5) is 0. The molecule has 3 nitrogen and oxygen atoms in total. The summed E-state index contributed by atoms with van der Waals surface area (Å²) in [6, 6.07) is 0. The SMILES string of the molecule is C=CCOC/C=C/C([O])OCC. The average molecular weight is 171 g/mol. The van der Waals surface area contributed by atoms with Crippen molar-refractivity contribution in [2.45, 2.75) is 13.2 Å². The van der Waals surface area contributed by atoms with Crippen molar-refractivity contribution in [2.24, 2.45) is 0 Å². The van der Waals surface area contributed by atoms with Gasteiger partial charge in [-0.3, -0.25) is 0 Å². The van der Waals surface area contributed by atoms with Gasteiger partial charge in [0.05, 0.1) is 13.2 Å². The highest BCUT2D eigenvalue weighted by atomic mass is 16.6. The van der Waals surface area contributed by atoms with Gasteiger partial charge in [-0.1, -0.05) is 12.2 Å². The number of hydrogen-bond acceptors (Lipinski definition) is 2. The predicted octanol–water partition coefficient (Wildman–Crippen LogP) is 1.54. The molecule has 3 heteroatoms. The summed E-state index contributed by atoms with van der Waals surface area (Å²) in [5, 5.41) is 10.8. The Bertz CT molecular complexity index is 132. The van der Waals surface area contributed by atoms with E-state index < -0.39 is 6.29 Å². The van der Waals surface area contributed by atoms with Crippen molar-refractivity contribution in [1.29, 1.82) is 0 Å². The highest BCUT2D eigenvalue weighted by molar-refractivity contribution is 4.84. The topological polar surface area (TPSA) is 38.4 Å². The summed E-state index contributed by atoms with van der Waals surface area (Å²) < 4.78 is 9.74. The molecule has 12 heavy (non-hydrogen) atoms. The van der Waals surface area contributed by atoms with Crippen LogP contribution in [0.5, 0.6) is 0 Å². The van der Waals surface area contributed by atoms with Crippen LogP contribution in [0.2, 0.25) is 0 Å². The van der Waals surface area contributed by atoms with E-state index in [2.05, 4.69) is 6.58 Å². The number of hydrogen-bond donors (Lipinski definition) is 0. The van der Waals surface area contributed by atoms with Crippen LogP contribution in [0.15, 0.2) is 24.8 Å². The molecule has 69 valence electrons. The molecule has 0 aromatic carbocycles. The van der Waals surface area contributed by atoms with Crippen molar-refractivity contribution < 1.29 is 14.6 Å². The van der Waals surface area contributed by atoms with E-state index in [0.29, 0.717) is 19.8 Å². The molecule has 1 atom stereocenters. The second kappa shape index (κ2) is 8.46. The second-order valence-corrected chi connectivity index (χ2v) is 2.08. The van der Waals surface area contributed by atoms with Gasteiger partial charge in [0, 0.05) is 6.61 Å². The lowest BCUT2D eigenvalue weighted by molar-refractivity contribution is -0.102. The molecule has 0 saturated heterocycles. The first-order valence-corrected chi connectivity index (χ1v) is 3.94. The minimum atomic E-state index is -1.07. The fourth-order valence-corrected chi connectivity index (χ4v) is 0.606. The van der Waals surface area contributed by atoms with Gasteiger partial charge in [-0.15, -0.1) is 6.58 Å². The summed E-state index contributed by atoms with van der Waals surface area (Å²) in [6.45, 7) is 6.64. The Labute approximate surface area is 73.3 Å². The van der Waals surface area contributed by atoms with Crippen LogP contribution in [-0.4, -0.2) is 26.1 Å². The molecular formula is C9H15O3. The van der Waals surface area contributed by atoms with Crippen LogP contribution in [0.1, 0.15) is 6.92 Å². The molecule has 0 aliphatic rings. The van der Waals surface area contributed by atoms with Crippen molar-refractivity contribution in [1.82, 2.24) is 0 Å². The van der Waals surface area contributed by atoms with Gasteiger partial charge in [0.1, 0.15) is 0 Å². The molecule has 0 N–H and O–H groups in total. The van der Waals surface area contributed by atoms with E-state index in [1.807, 2.05) is 0 Å². The molecule has 0 fully saturated rings. The van der Waals surface area contributed by atoms with Gasteiger partial charge in [0.2, 0.25) is 6.29 Å². The van der Waals surface area contributed by atoms with E-state index in [0.717, 1.165) is 0 Å². The van der Waals surface area contributed by atoms with Crippen molar-refractivity contribution >= 4 is 0 Å². The Morgan fingerprint density at radius 2 is 2.25 bits per heavy atom. The summed E-state index contributed by atoms with van der Waals surface area (Å²) in [7, 11) is 0. The molecule has 0 aromatic heterocycles. The smallest absolute Gasteiger partial charge is 0.210 e. The van der Waals surface area contributed by atoms with E-state index >= 15 is 0 Å². The van der Waals surface area contributed by atoms with Gasteiger partial charge in [0.15, 0.2) is 0 Å². The Morgan fingerprint density at radius 3 is 2.83 bits per heavy atom. The normalized spacial score (nSPS) is 13.5. The van der Waals surface area contributed by atoms with E-state index in [1.54, 1.807) is 19.1 Å². The maximum Gasteiger partial charge on any atom is 0.210 e. The van der Waals surface area contributed by atoms with Gasteiger partial charge in [-0.25, -0.2) is 0 Å². The van der Waals surface area contributed by atoms with Crippen molar-refractivity contribution in [3.63, 3.8) is 0 Å². The lowest BCUT2D eigenvalue weighted by Gasteiger charge is -2.01. The molecule has 1 radical (unpaired) electrons. The lowest BCUT2D eigenvalue weighted by Crippen LogP contribution is -2.06. The first kappa shape index (κ1) is 11.4. The Morgan fingerprint density at radius 1 is 1.50 bits per heavy atom. The Kier molecular flexibility index (Phi) is 8.01. The van der Waals surface area contributed by atoms with Crippen LogP contribution in [-0.2, 0) is 14.6 Å². The number of rotatable bonds is 7. The zero-order valence-electron chi connectivity index (χ0n) is 7.36. The first-order valence-electron chi connectivity index (χ1n) is 3.94. The molecule has 0 aromatic rings. The average Bonchev–Trinajstić information content (AvgIpc) is 2.05. The van der Waals surface area contributed by atoms with E-state index in [1.165, 1.54) is 6.08 Å². The molecule has 0 bridgehead atoms. The molecule has 1 unspecified atom stereocenters. The van der Waals surface area contributed by atoms with Gasteiger partial charge < -0.3 is 9.47 Å². The number of ether oxygens (including phenoxy) is 2. The molecule has 0 rings (SSSR count). The minimum Gasteiger partial charge on any atom is -0.373 e. The quantitative estimate of drug-likeness (QED) is 0.331. The van der Waals surface area contributed by atoms with Gasteiger partial charge >= 0.3 is 0 Å². The van der Waals surface area contributed by atoms with E-state index in [4.69, 9.17) is 9.47 Å². The van der Waals surface area contributed by atoms with Crippen LogP contribution in [0.3, 0.4) is 0 Å². The summed E-state index contributed by atoms with van der Waals surface area (Å²) in [5.74, 6) is 0. The molecule has 0 heterocycles. The van der Waals surface area contributed by atoms with Crippen molar-refractivity contribution in [3.05, 3.63) is 24.8 Å². The van der Waals surface area contributed by atoms with Gasteiger partial charge in [0.25, 0.3) is 0 Å². The Balaban J connectivity index is 3.27. The second-order valence-electron chi connectivity index (χ2n) is 2.08. The molecule has 0 amide bonds. The van der Waals surface area contributed by atoms with Gasteiger partial charge in [-0.2, -0.15) is 5.11 Å². The van der Waals surface area contributed by atoms with Crippen LogP contribution in [0.4, 0.5) is 0 Å². The van der Waals surface area contributed by atoms with Crippen LogP contribution in [0.25, 0.3) is 0 Å². The standard InChI is InChI=1S/C9H15O3/c1-3-7-11-8-5-6-9(10)12-4-2/h3,5-6,9H,1,4,7-8H2,2H3/b6-5+. The molecule has 0 saturated carbocycles. The van der Waals surface area contributed by atoms with Crippen LogP contribution in [0, 0.1) is 0 Å². The highest BCUT2D eigenvalue weighted by Gasteiger charge is 1.95. The minimum absolute atomic E-state index is 0.428.